The van der Waals surface area contributed by atoms with Crippen molar-refractivity contribution in [1.29, 1.82) is 0 Å². The molecule has 1 nitrogen and oxygen atoms in total. The number of para-hydroxylation sites is 2. The van der Waals surface area contributed by atoms with Crippen LogP contribution >= 0.6 is 0 Å². The summed E-state index contributed by atoms with van der Waals surface area (Å²) in [5, 5.41) is 0. The molecule has 5 aromatic carbocycles. The third kappa shape index (κ3) is 3.49. The standard InChI is InChI=1S/C33H28BN/c1-33(2)28-16-8-6-15-26(28)27-21-20-24(22-29(27)33)35(32-19-11-9-17-30(32)34)31-18-10-7-14-25(31)23-12-4-3-5-13-23/h3-22H,34H2,1-2H3. The highest BCUT2D eigenvalue weighted by Gasteiger charge is 2.35. The molecule has 0 saturated carbocycles. The van der Waals surface area contributed by atoms with Gasteiger partial charge < -0.3 is 4.90 Å². The Labute approximate surface area is 209 Å². The lowest BCUT2D eigenvalue weighted by Gasteiger charge is -2.31. The van der Waals surface area contributed by atoms with Crippen LogP contribution in [0.15, 0.2) is 121 Å². The zero-order chi connectivity index (χ0) is 24.0. The highest BCUT2D eigenvalue weighted by molar-refractivity contribution is 6.36. The predicted octanol–water partition coefficient (Wildman–Crippen LogP) is 7.39. The highest BCUT2D eigenvalue weighted by Crippen LogP contribution is 2.50. The number of hydrogen-bond donors (Lipinski definition) is 0. The molecule has 2 heteroatoms. The molecule has 0 heterocycles. The van der Waals surface area contributed by atoms with E-state index < -0.39 is 0 Å². The smallest absolute Gasteiger partial charge is 0.142 e. The number of nitrogens with zero attached hydrogens (tertiary/aromatic N) is 1. The van der Waals surface area contributed by atoms with Gasteiger partial charge in [0.25, 0.3) is 0 Å². The lowest BCUT2D eigenvalue weighted by atomic mass is 9.82. The molecule has 1 aliphatic rings. The van der Waals surface area contributed by atoms with Crippen molar-refractivity contribution in [2.24, 2.45) is 0 Å². The summed E-state index contributed by atoms with van der Waals surface area (Å²) in [6.07, 6.45) is 0. The first kappa shape index (κ1) is 21.5. The number of anilines is 3. The summed E-state index contributed by atoms with van der Waals surface area (Å²) in [6.45, 7) is 4.69. The Kier molecular flexibility index (Phi) is 5.11. The van der Waals surface area contributed by atoms with Gasteiger partial charge in [-0.3, -0.25) is 0 Å². The van der Waals surface area contributed by atoms with E-state index in [1.807, 2.05) is 0 Å². The Morgan fingerprint density at radius 1 is 0.543 bits per heavy atom. The molecular weight excluding hydrogens is 421 g/mol. The zero-order valence-corrected chi connectivity index (χ0v) is 20.5. The summed E-state index contributed by atoms with van der Waals surface area (Å²) in [6, 6.07) is 43.9. The van der Waals surface area contributed by atoms with Crippen LogP contribution in [0.3, 0.4) is 0 Å². The van der Waals surface area contributed by atoms with E-state index in [2.05, 4.69) is 148 Å². The molecule has 0 aromatic heterocycles. The van der Waals surface area contributed by atoms with E-state index in [0.717, 1.165) is 0 Å². The maximum atomic E-state index is 2.43. The second kappa shape index (κ2) is 8.32. The molecule has 0 fully saturated rings. The summed E-state index contributed by atoms with van der Waals surface area (Å²) < 4.78 is 0. The molecule has 0 N–H and O–H groups in total. The van der Waals surface area contributed by atoms with Gasteiger partial charge in [-0.1, -0.05) is 116 Å². The molecule has 0 atom stereocenters. The van der Waals surface area contributed by atoms with Crippen LogP contribution in [0.25, 0.3) is 22.3 Å². The summed E-state index contributed by atoms with van der Waals surface area (Å²) in [5.74, 6) is 0. The Balaban J connectivity index is 1.59. The SMILES string of the molecule is Bc1ccccc1N(c1ccc2c(c1)C(C)(C)c1ccccc1-2)c1ccccc1-c1ccccc1. The van der Waals surface area contributed by atoms with Crippen LogP contribution < -0.4 is 10.4 Å². The third-order valence-electron chi connectivity index (χ3n) is 7.41. The number of fused-ring (bicyclic) bond motifs is 3. The average molecular weight is 449 g/mol. The Bertz CT molecular complexity index is 1530. The van der Waals surface area contributed by atoms with Gasteiger partial charge in [-0.05, 0) is 52.1 Å². The molecule has 1 aliphatic carbocycles. The first-order valence-corrected chi connectivity index (χ1v) is 12.3. The summed E-state index contributed by atoms with van der Waals surface area (Å²) >= 11 is 0. The van der Waals surface area contributed by atoms with Crippen LogP contribution in [-0.4, -0.2) is 7.85 Å². The molecule has 0 spiro atoms. The molecule has 0 unspecified atom stereocenters. The van der Waals surface area contributed by atoms with E-state index in [9.17, 15) is 0 Å². The minimum Gasteiger partial charge on any atom is -0.310 e. The van der Waals surface area contributed by atoms with Gasteiger partial charge in [0.1, 0.15) is 7.85 Å². The number of rotatable bonds is 4. The fourth-order valence-electron chi connectivity index (χ4n) is 5.58. The van der Waals surface area contributed by atoms with Crippen LogP contribution in [0.1, 0.15) is 25.0 Å². The van der Waals surface area contributed by atoms with Crippen LogP contribution in [0.4, 0.5) is 17.1 Å². The fraction of sp³-hybridized carbons (Fsp3) is 0.0909. The first-order valence-electron chi connectivity index (χ1n) is 12.3. The summed E-state index contributed by atoms with van der Waals surface area (Å²) in [5.41, 5.74) is 12.7. The molecule has 0 radical (unpaired) electrons. The van der Waals surface area contributed by atoms with Crippen molar-refractivity contribution in [2.75, 3.05) is 4.90 Å². The van der Waals surface area contributed by atoms with Crippen molar-refractivity contribution in [3.63, 3.8) is 0 Å². The van der Waals surface area contributed by atoms with Gasteiger partial charge in [0.05, 0.1) is 5.69 Å². The average Bonchev–Trinajstić information content (AvgIpc) is 3.13. The number of benzene rings is 5. The molecule has 0 aliphatic heterocycles. The van der Waals surface area contributed by atoms with Gasteiger partial charge in [-0.15, -0.1) is 0 Å². The second-order valence-electron chi connectivity index (χ2n) is 9.91. The summed E-state index contributed by atoms with van der Waals surface area (Å²) in [4.78, 5) is 2.43. The monoisotopic (exact) mass is 449 g/mol. The highest BCUT2D eigenvalue weighted by atomic mass is 15.1. The van der Waals surface area contributed by atoms with Crippen LogP contribution in [0.2, 0.25) is 0 Å². The zero-order valence-electron chi connectivity index (χ0n) is 20.5. The van der Waals surface area contributed by atoms with E-state index in [-0.39, 0.29) is 5.41 Å². The molecule has 0 bridgehead atoms. The van der Waals surface area contributed by atoms with E-state index in [4.69, 9.17) is 0 Å². The first-order chi connectivity index (χ1) is 17.1. The minimum atomic E-state index is -0.0434. The molecule has 0 saturated heterocycles. The van der Waals surface area contributed by atoms with E-state index in [1.54, 1.807) is 0 Å². The Morgan fingerprint density at radius 3 is 1.91 bits per heavy atom. The molecular formula is C33H28BN. The van der Waals surface area contributed by atoms with Crippen molar-refractivity contribution in [3.05, 3.63) is 132 Å². The quantitative estimate of drug-likeness (QED) is 0.259. The van der Waals surface area contributed by atoms with Crippen LogP contribution in [0, 0.1) is 0 Å². The molecule has 0 amide bonds. The largest absolute Gasteiger partial charge is 0.310 e. The predicted molar refractivity (Wildman–Crippen MR) is 152 cm³/mol. The van der Waals surface area contributed by atoms with Crippen molar-refractivity contribution in [1.82, 2.24) is 0 Å². The fourth-order valence-corrected chi connectivity index (χ4v) is 5.58. The van der Waals surface area contributed by atoms with Crippen LogP contribution in [0.5, 0.6) is 0 Å². The maximum absolute atomic E-state index is 2.43. The molecule has 6 rings (SSSR count). The van der Waals surface area contributed by atoms with Crippen molar-refractivity contribution in [3.8, 4) is 22.3 Å². The van der Waals surface area contributed by atoms with Crippen molar-refractivity contribution in [2.45, 2.75) is 19.3 Å². The van der Waals surface area contributed by atoms with Gasteiger partial charge in [-0.25, -0.2) is 0 Å². The van der Waals surface area contributed by atoms with E-state index in [1.165, 1.54) is 55.9 Å². The van der Waals surface area contributed by atoms with Gasteiger partial charge in [0.2, 0.25) is 0 Å². The van der Waals surface area contributed by atoms with E-state index >= 15 is 0 Å². The van der Waals surface area contributed by atoms with Gasteiger partial charge >= 0.3 is 0 Å². The third-order valence-corrected chi connectivity index (χ3v) is 7.41. The van der Waals surface area contributed by atoms with Gasteiger partial charge in [0.15, 0.2) is 0 Å². The van der Waals surface area contributed by atoms with Crippen molar-refractivity contribution >= 4 is 30.4 Å². The molecule has 35 heavy (non-hydrogen) atoms. The normalized spacial score (nSPS) is 13.2. The maximum Gasteiger partial charge on any atom is 0.142 e. The van der Waals surface area contributed by atoms with E-state index in [0.29, 0.717) is 0 Å². The Hall–Kier alpha value is -4.04. The second-order valence-corrected chi connectivity index (χ2v) is 9.91. The lowest BCUT2D eigenvalue weighted by molar-refractivity contribution is 0.660. The van der Waals surface area contributed by atoms with Crippen LogP contribution in [-0.2, 0) is 5.41 Å². The number of hydrogen-bond acceptors (Lipinski definition) is 1. The Morgan fingerprint density at radius 2 is 1.14 bits per heavy atom. The molecule has 5 aromatic rings. The lowest BCUT2D eigenvalue weighted by Crippen LogP contribution is -2.21. The summed E-state index contributed by atoms with van der Waals surface area (Å²) in [7, 11) is 2.20. The van der Waals surface area contributed by atoms with Gasteiger partial charge in [-0.2, -0.15) is 0 Å². The minimum absolute atomic E-state index is 0.0434. The van der Waals surface area contributed by atoms with Gasteiger partial charge in [0, 0.05) is 22.4 Å². The molecule has 168 valence electrons. The topological polar surface area (TPSA) is 3.24 Å². The van der Waals surface area contributed by atoms with Crippen molar-refractivity contribution < 1.29 is 0 Å².